The first-order chi connectivity index (χ1) is 13.5. The number of hydrogen-bond acceptors (Lipinski definition) is 5. The van der Waals surface area contributed by atoms with Gasteiger partial charge in [0.2, 0.25) is 5.91 Å². The summed E-state index contributed by atoms with van der Waals surface area (Å²) in [6, 6.07) is 14.2. The van der Waals surface area contributed by atoms with Crippen LogP contribution in [0.3, 0.4) is 0 Å². The number of hydrogen-bond donors (Lipinski definition) is 0. The fourth-order valence-corrected chi connectivity index (χ4v) is 3.17. The van der Waals surface area contributed by atoms with Crippen LogP contribution in [0.5, 0.6) is 5.75 Å². The topological polar surface area (TPSA) is 75.9 Å². The summed E-state index contributed by atoms with van der Waals surface area (Å²) in [6.45, 7) is 3.73. The Kier molecular flexibility index (Phi) is 6.39. The third kappa shape index (κ3) is 5.17. The summed E-state index contributed by atoms with van der Waals surface area (Å²) >= 11 is 0. The Balaban J connectivity index is 1.52. The first-order valence-electron chi connectivity index (χ1n) is 9.12. The molecule has 3 rings (SSSR count). The van der Waals surface area contributed by atoms with Crippen molar-refractivity contribution in [1.29, 1.82) is 0 Å². The maximum atomic E-state index is 12.4. The molecule has 2 aromatic rings. The second-order valence-electron chi connectivity index (χ2n) is 6.64. The molecule has 0 bridgehead atoms. The number of nitrogens with zero attached hydrogens (tertiary/aromatic N) is 3. The number of piperazine rings is 1. The van der Waals surface area contributed by atoms with Gasteiger partial charge in [0.15, 0.2) is 0 Å². The van der Waals surface area contributed by atoms with Crippen molar-refractivity contribution in [1.82, 2.24) is 9.80 Å². The number of methoxy groups -OCH3 is 1. The molecule has 1 saturated heterocycles. The van der Waals surface area contributed by atoms with Crippen molar-refractivity contribution >= 4 is 17.7 Å². The molecule has 1 aliphatic heterocycles. The molecule has 7 heteroatoms. The predicted octanol–water partition coefficient (Wildman–Crippen LogP) is 2.96. The lowest BCUT2D eigenvalue weighted by atomic mass is 10.1. The molecule has 1 aliphatic rings. The van der Waals surface area contributed by atoms with Crippen molar-refractivity contribution in [3.63, 3.8) is 0 Å². The standard InChI is InChI=1S/C21H23N3O4/c1-28-20-7-3-5-18(15-20)16-22-10-12-23(13-11-22)21(25)9-8-17-4-2-6-19(14-17)24(26)27/h2-9,14-15H,10-13,16H2,1H3/b9-8+. The molecule has 1 amide bonds. The lowest BCUT2D eigenvalue weighted by Crippen LogP contribution is -2.47. The molecular formula is C21H23N3O4. The Labute approximate surface area is 164 Å². The van der Waals surface area contributed by atoms with E-state index in [0.717, 1.165) is 25.4 Å². The number of ether oxygens (including phenoxy) is 1. The second-order valence-corrected chi connectivity index (χ2v) is 6.64. The average molecular weight is 381 g/mol. The Bertz CT molecular complexity index is 873. The van der Waals surface area contributed by atoms with E-state index >= 15 is 0 Å². The zero-order valence-corrected chi connectivity index (χ0v) is 15.8. The monoisotopic (exact) mass is 381 g/mol. The van der Waals surface area contributed by atoms with Crippen molar-refractivity contribution in [2.24, 2.45) is 0 Å². The van der Waals surface area contributed by atoms with Crippen LogP contribution < -0.4 is 4.74 Å². The molecule has 0 aliphatic carbocycles. The molecule has 28 heavy (non-hydrogen) atoms. The van der Waals surface area contributed by atoms with E-state index in [1.165, 1.54) is 23.8 Å². The highest BCUT2D eigenvalue weighted by molar-refractivity contribution is 5.91. The first kappa shape index (κ1) is 19.6. The van der Waals surface area contributed by atoms with Crippen LogP contribution in [-0.4, -0.2) is 53.9 Å². The van der Waals surface area contributed by atoms with Crippen LogP contribution in [0, 0.1) is 10.1 Å². The van der Waals surface area contributed by atoms with Crippen molar-refractivity contribution in [2.45, 2.75) is 6.54 Å². The van der Waals surface area contributed by atoms with Gasteiger partial charge in [-0.15, -0.1) is 0 Å². The Hall–Kier alpha value is -3.19. The molecule has 0 atom stereocenters. The van der Waals surface area contributed by atoms with Crippen LogP contribution in [0.25, 0.3) is 6.08 Å². The van der Waals surface area contributed by atoms with Crippen molar-refractivity contribution in [3.05, 3.63) is 75.8 Å². The highest BCUT2D eigenvalue weighted by Crippen LogP contribution is 2.16. The summed E-state index contributed by atoms with van der Waals surface area (Å²) in [7, 11) is 1.66. The Morgan fingerprint density at radius 1 is 1.14 bits per heavy atom. The average Bonchev–Trinajstić information content (AvgIpc) is 2.73. The van der Waals surface area contributed by atoms with Gasteiger partial charge < -0.3 is 9.64 Å². The SMILES string of the molecule is COc1cccc(CN2CCN(C(=O)/C=C/c3cccc([N+](=O)[O-])c3)CC2)c1. The maximum Gasteiger partial charge on any atom is 0.270 e. The van der Waals surface area contributed by atoms with Gasteiger partial charge in [-0.1, -0.05) is 24.3 Å². The van der Waals surface area contributed by atoms with E-state index in [1.807, 2.05) is 18.2 Å². The van der Waals surface area contributed by atoms with E-state index in [0.29, 0.717) is 18.7 Å². The van der Waals surface area contributed by atoms with E-state index in [-0.39, 0.29) is 11.6 Å². The van der Waals surface area contributed by atoms with Crippen molar-refractivity contribution in [2.75, 3.05) is 33.3 Å². The van der Waals surface area contributed by atoms with Gasteiger partial charge in [0.25, 0.3) is 5.69 Å². The zero-order valence-electron chi connectivity index (χ0n) is 15.8. The third-order valence-corrected chi connectivity index (χ3v) is 4.72. The van der Waals surface area contributed by atoms with Crippen LogP contribution in [0.4, 0.5) is 5.69 Å². The number of nitro benzene ring substituents is 1. The summed E-state index contributed by atoms with van der Waals surface area (Å²) in [5, 5.41) is 10.8. The quantitative estimate of drug-likeness (QED) is 0.437. The molecule has 146 valence electrons. The summed E-state index contributed by atoms with van der Waals surface area (Å²) < 4.78 is 5.26. The Morgan fingerprint density at radius 3 is 2.61 bits per heavy atom. The van der Waals surface area contributed by atoms with Gasteiger partial charge in [0.1, 0.15) is 5.75 Å². The molecule has 0 aromatic heterocycles. The largest absolute Gasteiger partial charge is 0.497 e. The van der Waals surface area contributed by atoms with Crippen molar-refractivity contribution < 1.29 is 14.5 Å². The van der Waals surface area contributed by atoms with Gasteiger partial charge >= 0.3 is 0 Å². The number of benzene rings is 2. The molecule has 2 aromatic carbocycles. The van der Waals surface area contributed by atoms with Crippen molar-refractivity contribution in [3.8, 4) is 5.75 Å². The number of nitro groups is 1. The number of carbonyl (C=O) groups is 1. The highest BCUT2D eigenvalue weighted by atomic mass is 16.6. The fourth-order valence-electron chi connectivity index (χ4n) is 3.17. The number of rotatable bonds is 6. The van der Waals surface area contributed by atoms with Gasteiger partial charge in [-0.2, -0.15) is 0 Å². The molecule has 0 radical (unpaired) electrons. The van der Waals surface area contributed by atoms with E-state index in [1.54, 1.807) is 30.2 Å². The molecule has 0 spiro atoms. The summed E-state index contributed by atoms with van der Waals surface area (Å²) in [5.74, 6) is 0.769. The minimum Gasteiger partial charge on any atom is -0.497 e. The van der Waals surface area contributed by atoms with Crippen LogP contribution >= 0.6 is 0 Å². The van der Waals surface area contributed by atoms with Crippen LogP contribution in [-0.2, 0) is 11.3 Å². The van der Waals surface area contributed by atoms with E-state index in [2.05, 4.69) is 11.0 Å². The minimum absolute atomic E-state index is 0.0146. The summed E-state index contributed by atoms with van der Waals surface area (Å²) in [6.07, 6.45) is 3.11. The second kappa shape index (κ2) is 9.14. The smallest absolute Gasteiger partial charge is 0.270 e. The lowest BCUT2D eigenvalue weighted by molar-refractivity contribution is -0.384. The fraction of sp³-hybridized carbons (Fsp3) is 0.286. The Morgan fingerprint density at radius 2 is 1.89 bits per heavy atom. The number of non-ortho nitro benzene ring substituents is 1. The predicted molar refractivity (Wildman–Crippen MR) is 107 cm³/mol. The highest BCUT2D eigenvalue weighted by Gasteiger charge is 2.19. The third-order valence-electron chi connectivity index (χ3n) is 4.72. The first-order valence-corrected chi connectivity index (χ1v) is 9.12. The number of amides is 1. The zero-order chi connectivity index (χ0) is 19.9. The summed E-state index contributed by atoms with van der Waals surface area (Å²) in [5.41, 5.74) is 1.84. The normalized spacial score (nSPS) is 15.0. The number of carbonyl (C=O) groups excluding carboxylic acids is 1. The molecule has 0 unspecified atom stereocenters. The molecular weight excluding hydrogens is 358 g/mol. The van der Waals surface area contributed by atoms with Gasteiger partial charge in [-0.3, -0.25) is 19.8 Å². The molecule has 0 N–H and O–H groups in total. The lowest BCUT2D eigenvalue weighted by Gasteiger charge is -2.34. The maximum absolute atomic E-state index is 12.4. The van der Waals surface area contributed by atoms with Gasteiger partial charge in [-0.05, 0) is 29.3 Å². The van der Waals surface area contributed by atoms with Crippen LogP contribution in [0.15, 0.2) is 54.6 Å². The minimum atomic E-state index is -0.444. The van der Waals surface area contributed by atoms with Crippen LogP contribution in [0.2, 0.25) is 0 Å². The summed E-state index contributed by atoms with van der Waals surface area (Å²) in [4.78, 5) is 26.9. The molecule has 0 saturated carbocycles. The molecule has 1 fully saturated rings. The molecule has 1 heterocycles. The van der Waals surface area contributed by atoms with Crippen LogP contribution in [0.1, 0.15) is 11.1 Å². The van der Waals surface area contributed by atoms with E-state index < -0.39 is 4.92 Å². The molecule has 7 nitrogen and oxygen atoms in total. The van der Waals surface area contributed by atoms with Gasteiger partial charge in [-0.25, -0.2) is 0 Å². The van der Waals surface area contributed by atoms with Gasteiger partial charge in [0, 0.05) is 50.9 Å². The van der Waals surface area contributed by atoms with E-state index in [4.69, 9.17) is 4.74 Å². The van der Waals surface area contributed by atoms with Gasteiger partial charge in [0.05, 0.1) is 12.0 Å². The van der Waals surface area contributed by atoms with E-state index in [9.17, 15) is 14.9 Å².